The van der Waals surface area contributed by atoms with Crippen LogP contribution < -0.4 is 10.1 Å². The van der Waals surface area contributed by atoms with Gasteiger partial charge in [0.1, 0.15) is 5.75 Å². The van der Waals surface area contributed by atoms with Gasteiger partial charge in [-0.15, -0.1) is 0 Å². The van der Waals surface area contributed by atoms with Gasteiger partial charge in [-0.25, -0.2) is 0 Å². The number of hydrogen-bond acceptors (Lipinski definition) is 5. The van der Waals surface area contributed by atoms with Crippen molar-refractivity contribution in [3.63, 3.8) is 0 Å². The summed E-state index contributed by atoms with van der Waals surface area (Å²) >= 11 is 0.805. The molecule has 172 valence electrons. The van der Waals surface area contributed by atoms with E-state index in [2.05, 4.69) is 5.32 Å². The van der Waals surface area contributed by atoms with Gasteiger partial charge >= 0.3 is 6.18 Å². The van der Waals surface area contributed by atoms with Crippen LogP contribution in [0.3, 0.4) is 0 Å². The van der Waals surface area contributed by atoms with Gasteiger partial charge in [0.15, 0.2) is 0 Å². The first kappa shape index (κ1) is 24.1. The summed E-state index contributed by atoms with van der Waals surface area (Å²) in [4.78, 5) is 37.9. The van der Waals surface area contributed by atoms with Crippen molar-refractivity contribution in [2.45, 2.75) is 6.18 Å². The van der Waals surface area contributed by atoms with Gasteiger partial charge in [-0.2, -0.15) is 13.2 Å². The van der Waals surface area contributed by atoms with E-state index < -0.39 is 28.8 Å². The van der Waals surface area contributed by atoms with E-state index in [1.54, 1.807) is 37.5 Å². The molecule has 0 bridgehead atoms. The number of nitrogens with one attached hydrogen (secondary N) is 1. The number of amides is 3. The van der Waals surface area contributed by atoms with Crippen molar-refractivity contribution in [3.05, 3.63) is 76.2 Å². The Morgan fingerprint density at radius 1 is 1.12 bits per heavy atom. The Balaban J connectivity index is 1.53. The number of ether oxygens (including phenoxy) is 1. The molecule has 1 aliphatic rings. The van der Waals surface area contributed by atoms with E-state index in [9.17, 15) is 27.6 Å². The molecule has 1 aliphatic heterocycles. The zero-order valence-corrected chi connectivity index (χ0v) is 18.2. The van der Waals surface area contributed by atoms with E-state index in [0.29, 0.717) is 5.75 Å². The van der Waals surface area contributed by atoms with Gasteiger partial charge in [-0.3, -0.25) is 19.3 Å². The Hall–Kier alpha value is -3.53. The lowest BCUT2D eigenvalue weighted by Crippen LogP contribution is -2.36. The molecule has 1 N–H and O–H groups in total. The second-order valence-electron chi connectivity index (χ2n) is 6.85. The standard InChI is InChI=1S/C23H19F3N2O4S/c1-32-18-8-5-16(6-9-18)14-19-21(30)28(22(31)33-19)12-11-27-20(29)10-7-15-3-2-4-17(13-15)23(24,25)26/h2-10,13-14H,11-12H2,1H3,(H,27,29). The predicted octanol–water partition coefficient (Wildman–Crippen LogP) is 4.58. The minimum Gasteiger partial charge on any atom is -0.497 e. The van der Waals surface area contributed by atoms with Gasteiger partial charge in [-0.05, 0) is 59.3 Å². The van der Waals surface area contributed by atoms with Crippen LogP contribution in [0.2, 0.25) is 0 Å². The van der Waals surface area contributed by atoms with Crippen molar-refractivity contribution in [2.24, 2.45) is 0 Å². The molecule has 3 rings (SSSR count). The van der Waals surface area contributed by atoms with E-state index in [-0.39, 0.29) is 23.6 Å². The molecular weight excluding hydrogens is 457 g/mol. The molecule has 3 amide bonds. The van der Waals surface area contributed by atoms with Crippen LogP contribution in [-0.4, -0.2) is 42.2 Å². The fourth-order valence-electron chi connectivity index (χ4n) is 2.88. The zero-order chi connectivity index (χ0) is 24.0. The maximum atomic E-state index is 12.8. The predicted molar refractivity (Wildman–Crippen MR) is 119 cm³/mol. The highest BCUT2D eigenvalue weighted by atomic mass is 32.2. The second kappa shape index (κ2) is 10.4. The number of halogens is 3. The number of thioether (sulfide) groups is 1. The molecule has 0 atom stereocenters. The lowest BCUT2D eigenvalue weighted by molar-refractivity contribution is -0.137. The largest absolute Gasteiger partial charge is 0.497 e. The van der Waals surface area contributed by atoms with Gasteiger partial charge in [0.2, 0.25) is 5.91 Å². The third-order valence-electron chi connectivity index (χ3n) is 4.56. The summed E-state index contributed by atoms with van der Waals surface area (Å²) in [5, 5.41) is 2.06. The Labute approximate surface area is 192 Å². The number of imide groups is 1. The molecule has 0 aromatic heterocycles. The highest BCUT2D eigenvalue weighted by Crippen LogP contribution is 2.32. The lowest BCUT2D eigenvalue weighted by Gasteiger charge is -2.12. The molecule has 10 heteroatoms. The van der Waals surface area contributed by atoms with Crippen molar-refractivity contribution in [3.8, 4) is 5.75 Å². The number of hydrogen-bond donors (Lipinski definition) is 1. The number of benzene rings is 2. The smallest absolute Gasteiger partial charge is 0.416 e. The summed E-state index contributed by atoms with van der Waals surface area (Å²) in [6.07, 6.45) is -0.532. The van der Waals surface area contributed by atoms with E-state index in [1.807, 2.05) is 0 Å². The van der Waals surface area contributed by atoms with Crippen LogP contribution in [-0.2, 0) is 15.8 Å². The van der Waals surface area contributed by atoms with Crippen LogP contribution >= 0.6 is 11.8 Å². The molecular formula is C23H19F3N2O4S. The van der Waals surface area contributed by atoms with Crippen LogP contribution in [0.4, 0.5) is 18.0 Å². The van der Waals surface area contributed by atoms with Crippen molar-refractivity contribution >= 4 is 41.0 Å². The molecule has 33 heavy (non-hydrogen) atoms. The maximum Gasteiger partial charge on any atom is 0.416 e. The molecule has 1 heterocycles. The summed E-state index contributed by atoms with van der Waals surface area (Å²) < 4.78 is 43.3. The van der Waals surface area contributed by atoms with Gasteiger partial charge < -0.3 is 10.1 Å². The van der Waals surface area contributed by atoms with E-state index in [0.717, 1.165) is 40.4 Å². The number of methoxy groups -OCH3 is 1. The Bertz CT molecular complexity index is 1110. The molecule has 1 saturated heterocycles. The zero-order valence-electron chi connectivity index (χ0n) is 17.4. The second-order valence-corrected chi connectivity index (χ2v) is 7.85. The van der Waals surface area contributed by atoms with E-state index in [1.165, 1.54) is 18.2 Å². The van der Waals surface area contributed by atoms with Crippen LogP contribution in [0.15, 0.2) is 59.5 Å². The normalized spacial score (nSPS) is 15.5. The quantitative estimate of drug-likeness (QED) is 0.592. The first-order chi connectivity index (χ1) is 15.7. The number of carbonyl (C=O) groups is 3. The van der Waals surface area contributed by atoms with Gasteiger partial charge in [0.25, 0.3) is 11.1 Å². The molecule has 0 radical (unpaired) electrons. The topological polar surface area (TPSA) is 75.7 Å². The number of nitrogens with zero attached hydrogens (tertiary/aromatic N) is 1. The van der Waals surface area contributed by atoms with E-state index >= 15 is 0 Å². The minimum absolute atomic E-state index is 0.000377. The average molecular weight is 476 g/mol. The van der Waals surface area contributed by atoms with Gasteiger partial charge in [-0.1, -0.05) is 24.3 Å². The average Bonchev–Trinajstić information content (AvgIpc) is 3.05. The first-order valence-electron chi connectivity index (χ1n) is 9.70. The highest BCUT2D eigenvalue weighted by Gasteiger charge is 2.34. The van der Waals surface area contributed by atoms with Gasteiger partial charge in [0, 0.05) is 19.2 Å². The Morgan fingerprint density at radius 3 is 2.52 bits per heavy atom. The molecule has 1 fully saturated rings. The summed E-state index contributed by atoms with van der Waals surface area (Å²) in [6, 6.07) is 11.5. The van der Waals surface area contributed by atoms with Crippen molar-refractivity contribution in [2.75, 3.05) is 20.2 Å². The fourth-order valence-corrected chi connectivity index (χ4v) is 3.75. The Morgan fingerprint density at radius 2 is 1.85 bits per heavy atom. The maximum absolute atomic E-state index is 12.8. The van der Waals surface area contributed by atoms with Crippen LogP contribution in [0.1, 0.15) is 16.7 Å². The number of rotatable bonds is 7. The summed E-state index contributed by atoms with van der Waals surface area (Å²) in [5.41, 5.74) is 0.135. The summed E-state index contributed by atoms with van der Waals surface area (Å²) in [6.45, 7) is -0.0343. The molecule has 6 nitrogen and oxygen atoms in total. The van der Waals surface area contributed by atoms with Crippen LogP contribution in [0, 0.1) is 0 Å². The Kier molecular flexibility index (Phi) is 7.59. The summed E-state index contributed by atoms with van der Waals surface area (Å²) in [5.74, 6) is -0.360. The number of carbonyl (C=O) groups excluding carboxylic acids is 3. The number of alkyl halides is 3. The summed E-state index contributed by atoms with van der Waals surface area (Å²) in [7, 11) is 1.54. The molecule has 0 aliphatic carbocycles. The molecule has 0 spiro atoms. The van der Waals surface area contributed by atoms with Crippen LogP contribution in [0.5, 0.6) is 5.75 Å². The SMILES string of the molecule is COc1ccc(C=C2SC(=O)N(CCNC(=O)C=Cc3cccc(C(F)(F)F)c3)C2=O)cc1. The van der Waals surface area contributed by atoms with Gasteiger partial charge in [0.05, 0.1) is 17.6 Å². The highest BCUT2D eigenvalue weighted by molar-refractivity contribution is 8.18. The monoisotopic (exact) mass is 476 g/mol. The molecule has 2 aromatic carbocycles. The fraction of sp³-hybridized carbons (Fsp3) is 0.174. The van der Waals surface area contributed by atoms with Crippen LogP contribution in [0.25, 0.3) is 12.2 Å². The third kappa shape index (κ3) is 6.48. The van der Waals surface area contributed by atoms with E-state index in [4.69, 9.17) is 4.74 Å². The van der Waals surface area contributed by atoms with Crippen molar-refractivity contribution in [1.29, 1.82) is 0 Å². The molecule has 0 unspecified atom stereocenters. The minimum atomic E-state index is -4.47. The first-order valence-corrected chi connectivity index (χ1v) is 10.5. The third-order valence-corrected chi connectivity index (χ3v) is 5.47. The molecule has 2 aromatic rings. The van der Waals surface area contributed by atoms with Crippen molar-refractivity contribution in [1.82, 2.24) is 10.2 Å². The van der Waals surface area contributed by atoms with Crippen molar-refractivity contribution < 1.29 is 32.3 Å². The molecule has 0 saturated carbocycles. The lowest BCUT2D eigenvalue weighted by atomic mass is 10.1.